The highest BCUT2D eigenvalue weighted by atomic mass is 16.5. The van der Waals surface area contributed by atoms with Crippen LogP contribution in [0.15, 0.2) is 0 Å². The van der Waals surface area contributed by atoms with E-state index in [9.17, 15) is 4.79 Å². The van der Waals surface area contributed by atoms with Gasteiger partial charge in [0.15, 0.2) is 0 Å². The second-order valence-corrected chi connectivity index (χ2v) is 8.80. The quantitative estimate of drug-likeness (QED) is 0.814. The second-order valence-electron chi connectivity index (χ2n) is 8.80. The number of rotatable bonds is 4. The molecule has 4 aliphatic rings. The summed E-state index contributed by atoms with van der Waals surface area (Å²) in [6, 6.07) is 0. The Morgan fingerprint density at radius 1 is 1.08 bits per heavy atom. The Bertz CT molecular complexity index is 472. The van der Waals surface area contributed by atoms with Gasteiger partial charge in [-0.25, -0.2) is 0 Å². The van der Waals surface area contributed by atoms with E-state index in [0.717, 1.165) is 52.4 Å². The van der Waals surface area contributed by atoms with Gasteiger partial charge in [0, 0.05) is 31.7 Å². The highest BCUT2D eigenvalue weighted by Crippen LogP contribution is 2.44. The van der Waals surface area contributed by atoms with Gasteiger partial charge in [0.2, 0.25) is 5.91 Å². The van der Waals surface area contributed by atoms with E-state index < -0.39 is 0 Å². The van der Waals surface area contributed by atoms with Crippen LogP contribution >= 0.6 is 0 Å². The molecule has 4 rings (SSSR count). The van der Waals surface area contributed by atoms with E-state index in [0.29, 0.717) is 11.8 Å². The second kappa shape index (κ2) is 7.53. The van der Waals surface area contributed by atoms with Gasteiger partial charge in [-0.3, -0.25) is 9.69 Å². The highest BCUT2D eigenvalue weighted by molar-refractivity contribution is 5.84. The van der Waals surface area contributed by atoms with Crippen molar-refractivity contribution in [1.82, 2.24) is 15.5 Å². The highest BCUT2D eigenvalue weighted by Gasteiger charge is 2.50. The third kappa shape index (κ3) is 3.35. The zero-order valence-electron chi connectivity index (χ0n) is 15.7. The fourth-order valence-electron chi connectivity index (χ4n) is 5.96. The molecular formula is C20H35N3O2. The number of carbonyl (C=O) groups excluding carboxylic acids is 1. The summed E-state index contributed by atoms with van der Waals surface area (Å²) in [5, 5.41) is 6.97. The number of hydrogen-bond donors (Lipinski definition) is 2. The lowest BCUT2D eigenvalue weighted by Gasteiger charge is -2.49. The van der Waals surface area contributed by atoms with Crippen molar-refractivity contribution in [2.75, 3.05) is 45.9 Å². The minimum absolute atomic E-state index is 0.126. The maximum Gasteiger partial charge on any atom is 0.227 e. The van der Waals surface area contributed by atoms with Crippen molar-refractivity contribution in [3.05, 3.63) is 0 Å². The van der Waals surface area contributed by atoms with Crippen LogP contribution in [0.2, 0.25) is 0 Å². The molecule has 2 N–H and O–H groups in total. The summed E-state index contributed by atoms with van der Waals surface area (Å²) in [5.74, 6) is 0.882. The summed E-state index contributed by atoms with van der Waals surface area (Å²) < 4.78 is 5.57. The Hall–Kier alpha value is -0.650. The van der Waals surface area contributed by atoms with Crippen LogP contribution < -0.4 is 10.6 Å². The van der Waals surface area contributed by atoms with Gasteiger partial charge in [0.25, 0.3) is 0 Å². The van der Waals surface area contributed by atoms with E-state index in [4.69, 9.17) is 4.74 Å². The van der Waals surface area contributed by atoms with Gasteiger partial charge in [0.1, 0.15) is 0 Å². The molecule has 2 heterocycles. The van der Waals surface area contributed by atoms with Crippen molar-refractivity contribution in [2.24, 2.45) is 11.3 Å². The van der Waals surface area contributed by atoms with Gasteiger partial charge in [0.05, 0.1) is 18.6 Å². The van der Waals surface area contributed by atoms with Crippen molar-refractivity contribution < 1.29 is 9.53 Å². The number of carbonyl (C=O) groups is 1. The van der Waals surface area contributed by atoms with Crippen molar-refractivity contribution in [3.63, 3.8) is 0 Å². The number of fused-ring (bicyclic) bond motifs is 1. The largest absolute Gasteiger partial charge is 0.379 e. The topological polar surface area (TPSA) is 53.6 Å². The van der Waals surface area contributed by atoms with Gasteiger partial charge in [-0.2, -0.15) is 0 Å². The van der Waals surface area contributed by atoms with E-state index in [-0.39, 0.29) is 11.0 Å². The van der Waals surface area contributed by atoms with Gasteiger partial charge in [-0.1, -0.05) is 32.1 Å². The Balaban J connectivity index is 1.44. The summed E-state index contributed by atoms with van der Waals surface area (Å²) in [5.41, 5.74) is 0.0453. The minimum Gasteiger partial charge on any atom is -0.379 e. The third-order valence-electron chi connectivity index (χ3n) is 7.53. The van der Waals surface area contributed by atoms with Crippen LogP contribution in [0.4, 0.5) is 0 Å². The monoisotopic (exact) mass is 349 g/mol. The smallest absolute Gasteiger partial charge is 0.227 e. The van der Waals surface area contributed by atoms with Crippen molar-refractivity contribution >= 4 is 5.91 Å². The molecule has 4 fully saturated rings. The molecule has 5 heteroatoms. The Labute approximate surface area is 152 Å². The third-order valence-corrected chi connectivity index (χ3v) is 7.53. The molecule has 0 aromatic carbocycles. The number of ether oxygens (including phenoxy) is 1. The lowest BCUT2D eigenvalue weighted by Crippen LogP contribution is -2.61. The maximum atomic E-state index is 13.3. The molecule has 0 aromatic heterocycles. The fraction of sp³-hybridized carbons (Fsp3) is 0.950. The van der Waals surface area contributed by atoms with Crippen LogP contribution in [-0.4, -0.2) is 62.3 Å². The van der Waals surface area contributed by atoms with Gasteiger partial charge in [-0.15, -0.1) is 0 Å². The first-order chi connectivity index (χ1) is 12.3. The molecule has 0 radical (unpaired) electrons. The SMILES string of the molecule is O=C(NCC1(N2CCOCC2)CCCCC1)[C@@]12CCCC[C@H]1CNC2. The van der Waals surface area contributed by atoms with Crippen LogP contribution in [0.3, 0.4) is 0 Å². The Morgan fingerprint density at radius 2 is 1.84 bits per heavy atom. The fourth-order valence-corrected chi connectivity index (χ4v) is 5.96. The molecule has 25 heavy (non-hydrogen) atoms. The molecule has 5 nitrogen and oxygen atoms in total. The van der Waals surface area contributed by atoms with E-state index in [2.05, 4.69) is 15.5 Å². The number of hydrogen-bond acceptors (Lipinski definition) is 4. The molecule has 0 aromatic rings. The molecule has 1 amide bonds. The molecule has 2 saturated carbocycles. The molecule has 2 aliphatic heterocycles. The minimum atomic E-state index is -0.126. The Kier molecular flexibility index (Phi) is 5.35. The van der Waals surface area contributed by atoms with E-state index in [1.165, 1.54) is 51.4 Å². The summed E-state index contributed by atoms with van der Waals surface area (Å²) in [6.07, 6.45) is 11.2. The molecule has 2 saturated heterocycles. The molecule has 0 unspecified atom stereocenters. The molecular weight excluding hydrogens is 314 g/mol. The zero-order valence-corrected chi connectivity index (χ0v) is 15.7. The molecule has 2 aliphatic carbocycles. The van der Waals surface area contributed by atoms with Crippen LogP contribution in [0.5, 0.6) is 0 Å². The lowest BCUT2D eigenvalue weighted by atomic mass is 9.67. The zero-order chi connectivity index (χ0) is 17.2. The average Bonchev–Trinajstić information content (AvgIpc) is 3.13. The van der Waals surface area contributed by atoms with Gasteiger partial charge >= 0.3 is 0 Å². The normalized spacial score (nSPS) is 35.9. The van der Waals surface area contributed by atoms with Gasteiger partial charge < -0.3 is 15.4 Å². The van der Waals surface area contributed by atoms with Crippen LogP contribution in [0.1, 0.15) is 57.8 Å². The lowest BCUT2D eigenvalue weighted by molar-refractivity contribution is -0.135. The summed E-state index contributed by atoms with van der Waals surface area (Å²) in [6.45, 7) is 6.46. The molecule has 2 atom stereocenters. The van der Waals surface area contributed by atoms with E-state index in [1.54, 1.807) is 0 Å². The van der Waals surface area contributed by atoms with Crippen LogP contribution in [0, 0.1) is 11.3 Å². The predicted octanol–water partition coefficient (Wildman–Crippen LogP) is 1.92. The first kappa shape index (κ1) is 17.7. The van der Waals surface area contributed by atoms with E-state index in [1.807, 2.05) is 0 Å². The first-order valence-corrected chi connectivity index (χ1v) is 10.6. The Morgan fingerprint density at radius 3 is 2.64 bits per heavy atom. The number of nitrogens with zero attached hydrogens (tertiary/aromatic N) is 1. The average molecular weight is 350 g/mol. The molecule has 142 valence electrons. The number of amides is 1. The first-order valence-electron chi connectivity index (χ1n) is 10.6. The maximum absolute atomic E-state index is 13.3. The molecule has 0 spiro atoms. The summed E-state index contributed by atoms with van der Waals surface area (Å²) in [7, 11) is 0. The van der Waals surface area contributed by atoms with Crippen molar-refractivity contribution in [2.45, 2.75) is 63.3 Å². The summed E-state index contributed by atoms with van der Waals surface area (Å²) in [4.78, 5) is 15.9. The van der Waals surface area contributed by atoms with Crippen LogP contribution in [-0.2, 0) is 9.53 Å². The standard InChI is InChI=1S/C20H35N3O2/c24-18(20-9-5-2-6-17(20)14-21-16-20)22-15-19(7-3-1-4-8-19)23-10-12-25-13-11-23/h17,21H,1-16H2,(H,22,24)/t17-,20+/m0/s1. The number of nitrogens with one attached hydrogen (secondary N) is 2. The van der Waals surface area contributed by atoms with Crippen LogP contribution in [0.25, 0.3) is 0 Å². The molecule has 0 bridgehead atoms. The summed E-state index contributed by atoms with van der Waals surface area (Å²) >= 11 is 0. The number of morpholine rings is 1. The van der Waals surface area contributed by atoms with Crippen molar-refractivity contribution in [1.29, 1.82) is 0 Å². The van der Waals surface area contributed by atoms with Gasteiger partial charge in [-0.05, 0) is 38.1 Å². The van der Waals surface area contributed by atoms with Crippen molar-refractivity contribution in [3.8, 4) is 0 Å². The van der Waals surface area contributed by atoms with E-state index >= 15 is 0 Å². The predicted molar refractivity (Wildman–Crippen MR) is 98.5 cm³/mol.